The number of halogens is 2. The Hall–Kier alpha value is -1.94. The van der Waals surface area contributed by atoms with E-state index in [-0.39, 0.29) is 5.56 Å². The van der Waals surface area contributed by atoms with E-state index in [1.807, 2.05) is 0 Å². The zero-order valence-corrected chi connectivity index (χ0v) is 10.4. The van der Waals surface area contributed by atoms with Crippen LogP contribution in [0.4, 0.5) is 8.78 Å². The van der Waals surface area contributed by atoms with Gasteiger partial charge >= 0.3 is 0 Å². The van der Waals surface area contributed by atoms with E-state index in [4.69, 9.17) is 4.74 Å². The number of methoxy groups -OCH3 is 1. The minimum atomic E-state index is -2.50. The molecule has 1 unspecified atom stereocenters. The number of para-hydroxylation sites is 1. The quantitative estimate of drug-likeness (QED) is 0.912. The van der Waals surface area contributed by atoms with Crippen molar-refractivity contribution in [3.63, 3.8) is 0 Å². The Kier molecular flexibility index (Phi) is 4.12. The average molecular weight is 264 g/mol. The van der Waals surface area contributed by atoms with Gasteiger partial charge in [0.1, 0.15) is 11.9 Å². The monoisotopic (exact) mass is 264 g/mol. The van der Waals surface area contributed by atoms with Crippen LogP contribution in [-0.4, -0.2) is 12.2 Å². The molecule has 0 saturated carbocycles. The lowest BCUT2D eigenvalue weighted by molar-refractivity contribution is 0.151. The Balaban J connectivity index is 2.30. The zero-order chi connectivity index (χ0) is 13.8. The largest absolute Gasteiger partial charge is 0.496 e. The predicted octanol–water partition coefficient (Wildman–Crippen LogP) is 3.71. The first kappa shape index (κ1) is 13.5. The molecule has 0 aliphatic heterocycles. The minimum Gasteiger partial charge on any atom is -0.496 e. The van der Waals surface area contributed by atoms with Gasteiger partial charge in [-0.1, -0.05) is 42.5 Å². The van der Waals surface area contributed by atoms with Crippen molar-refractivity contribution in [2.45, 2.75) is 12.5 Å². The van der Waals surface area contributed by atoms with Gasteiger partial charge in [0.05, 0.1) is 7.11 Å². The van der Waals surface area contributed by atoms with E-state index in [0.29, 0.717) is 16.9 Å². The topological polar surface area (TPSA) is 29.5 Å². The van der Waals surface area contributed by atoms with Crippen molar-refractivity contribution >= 4 is 0 Å². The molecule has 1 atom stereocenters. The van der Waals surface area contributed by atoms with Crippen LogP contribution in [0, 0.1) is 0 Å². The molecule has 0 spiro atoms. The summed E-state index contributed by atoms with van der Waals surface area (Å²) in [6, 6.07) is 12.7. The van der Waals surface area contributed by atoms with Gasteiger partial charge < -0.3 is 9.84 Å². The molecule has 19 heavy (non-hydrogen) atoms. The molecule has 0 aromatic heterocycles. The maximum atomic E-state index is 12.5. The van der Waals surface area contributed by atoms with E-state index in [1.165, 1.54) is 31.4 Å². The van der Waals surface area contributed by atoms with Crippen molar-refractivity contribution < 1.29 is 18.6 Å². The van der Waals surface area contributed by atoms with Crippen LogP contribution in [0.15, 0.2) is 48.5 Å². The van der Waals surface area contributed by atoms with Crippen LogP contribution >= 0.6 is 0 Å². The molecule has 0 aliphatic carbocycles. The Bertz CT molecular complexity index is 538. The third kappa shape index (κ3) is 2.90. The number of rotatable bonds is 4. The molecule has 0 radical (unpaired) electrons. The van der Waals surface area contributed by atoms with Gasteiger partial charge in [-0.2, -0.15) is 0 Å². The van der Waals surface area contributed by atoms with Crippen LogP contribution in [0.2, 0.25) is 0 Å². The van der Waals surface area contributed by atoms with Gasteiger partial charge in [0, 0.05) is 11.1 Å². The summed E-state index contributed by atoms with van der Waals surface area (Å²) in [6.07, 6.45) is -3.40. The van der Waals surface area contributed by atoms with Crippen molar-refractivity contribution in [3.8, 4) is 5.75 Å². The Morgan fingerprint density at radius 3 is 2.11 bits per heavy atom. The van der Waals surface area contributed by atoms with E-state index in [9.17, 15) is 13.9 Å². The van der Waals surface area contributed by atoms with Gasteiger partial charge in [-0.3, -0.25) is 0 Å². The number of benzene rings is 2. The highest BCUT2D eigenvalue weighted by molar-refractivity contribution is 5.40. The fraction of sp³-hybridized carbons (Fsp3) is 0.200. The zero-order valence-electron chi connectivity index (χ0n) is 10.4. The molecular formula is C15H14F2O2. The number of aliphatic hydroxyl groups is 1. The first-order valence-corrected chi connectivity index (χ1v) is 5.82. The summed E-state index contributed by atoms with van der Waals surface area (Å²) in [4.78, 5) is 0. The van der Waals surface area contributed by atoms with Crippen molar-refractivity contribution in [1.29, 1.82) is 0 Å². The lowest BCUT2D eigenvalue weighted by Gasteiger charge is -2.15. The van der Waals surface area contributed by atoms with Gasteiger partial charge in [-0.05, 0) is 11.6 Å². The second-order valence-corrected chi connectivity index (χ2v) is 4.11. The number of hydrogen-bond acceptors (Lipinski definition) is 2. The number of ether oxygens (including phenoxy) is 1. The number of hydrogen-bond donors (Lipinski definition) is 1. The molecule has 2 aromatic rings. The van der Waals surface area contributed by atoms with E-state index in [1.54, 1.807) is 24.3 Å². The summed E-state index contributed by atoms with van der Waals surface area (Å²) in [5.74, 6) is 0.563. The molecule has 100 valence electrons. The smallest absolute Gasteiger partial charge is 0.263 e. The summed E-state index contributed by atoms with van der Waals surface area (Å²) in [5.41, 5.74) is 1.10. The summed E-state index contributed by atoms with van der Waals surface area (Å²) in [7, 11) is 1.52. The maximum absolute atomic E-state index is 12.5. The molecular weight excluding hydrogens is 250 g/mol. The summed E-state index contributed by atoms with van der Waals surface area (Å²) < 4.78 is 30.1. The Morgan fingerprint density at radius 1 is 0.947 bits per heavy atom. The number of alkyl halides is 2. The fourth-order valence-corrected chi connectivity index (χ4v) is 1.90. The molecule has 0 saturated heterocycles. The van der Waals surface area contributed by atoms with Crippen LogP contribution in [-0.2, 0) is 0 Å². The van der Waals surface area contributed by atoms with Crippen LogP contribution in [0.3, 0.4) is 0 Å². The van der Waals surface area contributed by atoms with Gasteiger partial charge in [0.2, 0.25) is 0 Å². The Labute approximate surface area is 110 Å². The van der Waals surface area contributed by atoms with E-state index < -0.39 is 12.5 Å². The third-order valence-corrected chi connectivity index (χ3v) is 2.94. The average Bonchev–Trinajstić information content (AvgIpc) is 2.46. The van der Waals surface area contributed by atoms with E-state index in [2.05, 4.69) is 0 Å². The van der Waals surface area contributed by atoms with Crippen molar-refractivity contribution in [3.05, 3.63) is 65.2 Å². The predicted molar refractivity (Wildman–Crippen MR) is 68.5 cm³/mol. The van der Waals surface area contributed by atoms with Crippen molar-refractivity contribution in [2.24, 2.45) is 0 Å². The third-order valence-electron chi connectivity index (χ3n) is 2.94. The van der Waals surface area contributed by atoms with Crippen LogP contribution < -0.4 is 4.74 Å². The van der Waals surface area contributed by atoms with Gasteiger partial charge in [0.15, 0.2) is 0 Å². The van der Waals surface area contributed by atoms with E-state index >= 15 is 0 Å². The SMILES string of the molecule is COc1ccccc1C(O)c1ccc(C(F)F)cc1. The molecule has 0 fully saturated rings. The first-order valence-electron chi connectivity index (χ1n) is 5.82. The van der Waals surface area contributed by atoms with Crippen molar-refractivity contribution in [2.75, 3.05) is 7.11 Å². The highest BCUT2D eigenvalue weighted by Crippen LogP contribution is 2.30. The second kappa shape index (κ2) is 5.80. The van der Waals surface area contributed by atoms with Gasteiger partial charge in [-0.25, -0.2) is 8.78 Å². The Morgan fingerprint density at radius 2 is 1.53 bits per heavy atom. The fourth-order valence-electron chi connectivity index (χ4n) is 1.90. The standard InChI is InChI=1S/C15H14F2O2/c1-19-13-5-3-2-4-12(13)14(18)10-6-8-11(9-7-10)15(16)17/h2-9,14-15,18H,1H3. The molecule has 2 rings (SSSR count). The highest BCUT2D eigenvalue weighted by Gasteiger charge is 2.15. The van der Waals surface area contributed by atoms with Crippen LogP contribution in [0.25, 0.3) is 0 Å². The summed E-state index contributed by atoms with van der Waals surface area (Å²) >= 11 is 0. The van der Waals surface area contributed by atoms with Crippen LogP contribution in [0.5, 0.6) is 5.75 Å². The van der Waals surface area contributed by atoms with Gasteiger partial charge in [0.25, 0.3) is 6.43 Å². The molecule has 2 nitrogen and oxygen atoms in total. The minimum absolute atomic E-state index is 0.0593. The molecule has 4 heteroatoms. The molecule has 0 bridgehead atoms. The second-order valence-electron chi connectivity index (χ2n) is 4.11. The van der Waals surface area contributed by atoms with Crippen molar-refractivity contribution in [1.82, 2.24) is 0 Å². The normalized spacial score (nSPS) is 12.5. The van der Waals surface area contributed by atoms with Crippen LogP contribution in [0.1, 0.15) is 29.2 Å². The lowest BCUT2D eigenvalue weighted by Crippen LogP contribution is -2.02. The maximum Gasteiger partial charge on any atom is 0.263 e. The number of aliphatic hydroxyl groups excluding tert-OH is 1. The molecule has 0 aliphatic rings. The molecule has 1 N–H and O–H groups in total. The molecule has 2 aromatic carbocycles. The molecule has 0 amide bonds. The lowest BCUT2D eigenvalue weighted by atomic mass is 9.99. The van der Waals surface area contributed by atoms with Gasteiger partial charge in [-0.15, -0.1) is 0 Å². The van der Waals surface area contributed by atoms with E-state index in [0.717, 1.165) is 0 Å². The highest BCUT2D eigenvalue weighted by atomic mass is 19.3. The first-order chi connectivity index (χ1) is 9.13. The summed E-state index contributed by atoms with van der Waals surface area (Å²) in [6.45, 7) is 0. The molecule has 0 heterocycles. The summed E-state index contributed by atoms with van der Waals surface area (Å²) in [5, 5.41) is 10.3.